The van der Waals surface area contributed by atoms with Gasteiger partial charge in [0.1, 0.15) is 5.82 Å². The van der Waals surface area contributed by atoms with Crippen molar-refractivity contribution in [1.82, 2.24) is 24.8 Å². The van der Waals surface area contributed by atoms with E-state index in [-0.39, 0.29) is 24.1 Å². The number of anilines is 1. The summed E-state index contributed by atoms with van der Waals surface area (Å²) in [6.07, 6.45) is 6.74. The number of hydrogen-bond donors (Lipinski definition) is 2. The highest BCUT2D eigenvalue weighted by atomic mass is 16.1. The minimum atomic E-state index is -0.195. The third-order valence-corrected chi connectivity index (χ3v) is 8.63. The molecule has 8 nitrogen and oxygen atoms in total. The van der Waals surface area contributed by atoms with Crippen LogP contribution in [-0.2, 0) is 6.54 Å². The van der Waals surface area contributed by atoms with Crippen molar-refractivity contribution >= 4 is 22.6 Å². The summed E-state index contributed by atoms with van der Waals surface area (Å²) in [6.45, 7) is 14.5. The maximum Gasteiger partial charge on any atom is 0.253 e. The molecular formula is C33H40N6O2. The summed E-state index contributed by atoms with van der Waals surface area (Å²) < 4.78 is 2.22. The van der Waals surface area contributed by atoms with Crippen molar-refractivity contribution in [2.75, 3.05) is 31.1 Å². The van der Waals surface area contributed by atoms with Crippen LogP contribution in [0, 0.1) is 20.8 Å². The average molecular weight is 553 g/mol. The normalized spacial score (nSPS) is 16.1. The Bertz CT molecular complexity index is 1650. The van der Waals surface area contributed by atoms with Crippen LogP contribution in [0.15, 0.2) is 47.5 Å². The van der Waals surface area contributed by atoms with Gasteiger partial charge in [0.25, 0.3) is 11.5 Å². The lowest BCUT2D eigenvalue weighted by Gasteiger charge is -2.35. The maximum atomic E-state index is 13.7. The van der Waals surface area contributed by atoms with Crippen molar-refractivity contribution in [3.63, 3.8) is 0 Å². The van der Waals surface area contributed by atoms with Crippen molar-refractivity contribution in [3.05, 3.63) is 81.0 Å². The summed E-state index contributed by atoms with van der Waals surface area (Å²) in [5, 5.41) is 3.96. The number of nitrogens with zero attached hydrogens (tertiary/aromatic N) is 4. The largest absolute Gasteiger partial charge is 0.354 e. The highest BCUT2D eigenvalue weighted by Crippen LogP contribution is 2.34. The Morgan fingerprint density at radius 1 is 1.02 bits per heavy atom. The van der Waals surface area contributed by atoms with E-state index in [4.69, 9.17) is 4.98 Å². The molecule has 6 rings (SSSR count). The SMILES string of the molecule is Cc1cc(C)c(CNC(=O)c2cc(-c3ccc(N4CCN(C5CC5)CC4)nc3)cc3c2c(C)cn3C(C)C)c(=O)[nH]1. The minimum Gasteiger partial charge on any atom is -0.354 e. The van der Waals surface area contributed by atoms with Gasteiger partial charge in [-0.3, -0.25) is 14.5 Å². The molecular weight excluding hydrogens is 512 g/mol. The molecule has 41 heavy (non-hydrogen) atoms. The van der Waals surface area contributed by atoms with Crippen LogP contribution >= 0.6 is 0 Å². The zero-order valence-electron chi connectivity index (χ0n) is 24.8. The number of aromatic amines is 1. The van der Waals surface area contributed by atoms with Gasteiger partial charge in [-0.2, -0.15) is 0 Å². The van der Waals surface area contributed by atoms with Gasteiger partial charge in [0.05, 0.1) is 0 Å². The Morgan fingerprint density at radius 3 is 2.41 bits per heavy atom. The van der Waals surface area contributed by atoms with Gasteiger partial charge in [-0.15, -0.1) is 0 Å². The fourth-order valence-corrected chi connectivity index (χ4v) is 6.23. The standard InChI is InChI=1S/C33H40N6O2/c1-20(2)39-19-22(4)31-27(32(40)35-18-28-21(3)14-23(5)36-33(28)41)15-25(16-29(31)39)24-6-9-30(34-17-24)38-12-10-37(11-13-38)26-7-8-26/h6,9,14-17,19-20,26H,7-8,10-13,18H2,1-5H3,(H,35,40)(H,36,41). The molecule has 1 aliphatic carbocycles. The van der Waals surface area contributed by atoms with Gasteiger partial charge < -0.3 is 19.8 Å². The summed E-state index contributed by atoms with van der Waals surface area (Å²) in [4.78, 5) is 38.9. The molecule has 1 aromatic carbocycles. The van der Waals surface area contributed by atoms with Crippen LogP contribution in [0.5, 0.6) is 0 Å². The summed E-state index contributed by atoms with van der Waals surface area (Å²) in [7, 11) is 0. The first kappa shape index (κ1) is 27.3. The zero-order valence-corrected chi connectivity index (χ0v) is 24.8. The molecule has 1 saturated carbocycles. The van der Waals surface area contributed by atoms with Crippen LogP contribution in [0.3, 0.4) is 0 Å². The first-order chi connectivity index (χ1) is 19.7. The highest BCUT2D eigenvalue weighted by molar-refractivity contribution is 6.09. The van der Waals surface area contributed by atoms with Gasteiger partial charge in [-0.05, 0) is 94.5 Å². The predicted molar refractivity (Wildman–Crippen MR) is 165 cm³/mol. The third-order valence-electron chi connectivity index (χ3n) is 8.63. The van der Waals surface area contributed by atoms with E-state index in [0.29, 0.717) is 11.1 Å². The number of carbonyl (C=O) groups excluding carboxylic acids is 1. The molecule has 214 valence electrons. The molecule has 1 aliphatic heterocycles. The molecule has 1 saturated heterocycles. The Hall–Kier alpha value is -3.91. The third kappa shape index (κ3) is 5.40. The van der Waals surface area contributed by atoms with Gasteiger partial charge in [0, 0.05) is 90.5 Å². The molecule has 0 spiro atoms. The summed E-state index contributed by atoms with van der Waals surface area (Å²) in [6, 6.07) is 11.3. The van der Waals surface area contributed by atoms with Gasteiger partial charge in [-0.25, -0.2) is 4.98 Å². The van der Waals surface area contributed by atoms with Gasteiger partial charge in [0.15, 0.2) is 0 Å². The van der Waals surface area contributed by atoms with Crippen LogP contribution in [0.4, 0.5) is 5.82 Å². The number of benzene rings is 1. The lowest BCUT2D eigenvalue weighted by molar-refractivity contribution is 0.0952. The molecule has 0 bridgehead atoms. The smallest absolute Gasteiger partial charge is 0.253 e. The second-order valence-corrected chi connectivity index (χ2v) is 12.0. The number of H-pyrrole nitrogens is 1. The summed E-state index contributed by atoms with van der Waals surface area (Å²) in [5.74, 6) is 0.808. The number of piperazine rings is 1. The second kappa shape index (κ2) is 10.8. The van der Waals surface area contributed by atoms with E-state index < -0.39 is 0 Å². The summed E-state index contributed by atoms with van der Waals surface area (Å²) >= 11 is 0. The van der Waals surface area contributed by atoms with Crippen molar-refractivity contribution < 1.29 is 4.79 Å². The molecule has 4 aromatic rings. The van der Waals surface area contributed by atoms with Gasteiger partial charge >= 0.3 is 0 Å². The monoisotopic (exact) mass is 552 g/mol. The quantitative estimate of drug-likeness (QED) is 0.333. The van der Waals surface area contributed by atoms with E-state index in [1.165, 1.54) is 12.8 Å². The van der Waals surface area contributed by atoms with Gasteiger partial charge in [-0.1, -0.05) is 0 Å². The van der Waals surface area contributed by atoms with Crippen LogP contribution in [0.25, 0.3) is 22.0 Å². The number of aromatic nitrogens is 3. The number of carbonyl (C=O) groups is 1. The molecule has 4 heterocycles. The molecule has 2 N–H and O–H groups in total. The van der Waals surface area contributed by atoms with Crippen LogP contribution < -0.4 is 15.8 Å². The van der Waals surface area contributed by atoms with E-state index in [1.807, 2.05) is 39.1 Å². The van der Waals surface area contributed by atoms with E-state index in [2.05, 4.69) is 62.9 Å². The number of rotatable bonds is 7. The number of hydrogen-bond acceptors (Lipinski definition) is 5. The average Bonchev–Trinajstić information content (AvgIpc) is 3.75. The van der Waals surface area contributed by atoms with Crippen LogP contribution in [-0.4, -0.2) is 57.6 Å². The molecule has 2 fully saturated rings. The fourth-order valence-electron chi connectivity index (χ4n) is 6.23. The zero-order chi connectivity index (χ0) is 28.8. The van der Waals surface area contributed by atoms with Crippen molar-refractivity contribution in [2.24, 2.45) is 0 Å². The first-order valence-corrected chi connectivity index (χ1v) is 14.8. The number of pyridine rings is 2. The highest BCUT2D eigenvalue weighted by Gasteiger charge is 2.31. The number of fused-ring (bicyclic) bond motifs is 1. The van der Waals surface area contributed by atoms with E-state index >= 15 is 0 Å². The lowest BCUT2D eigenvalue weighted by Crippen LogP contribution is -2.47. The minimum absolute atomic E-state index is 0.163. The first-order valence-electron chi connectivity index (χ1n) is 14.8. The van der Waals surface area contributed by atoms with Gasteiger partial charge in [0.2, 0.25) is 0 Å². The van der Waals surface area contributed by atoms with E-state index in [9.17, 15) is 9.59 Å². The Balaban J connectivity index is 1.31. The molecule has 2 aliphatic rings. The molecule has 0 atom stereocenters. The van der Waals surface area contributed by atoms with Crippen molar-refractivity contribution in [1.29, 1.82) is 0 Å². The van der Waals surface area contributed by atoms with Crippen LogP contribution in [0.2, 0.25) is 0 Å². The predicted octanol–water partition coefficient (Wildman–Crippen LogP) is 5.11. The molecule has 8 heteroatoms. The molecule has 3 aromatic heterocycles. The fraction of sp³-hybridized carbons (Fsp3) is 0.424. The maximum absolute atomic E-state index is 13.7. The Morgan fingerprint density at radius 2 is 1.78 bits per heavy atom. The Kier molecular flexibility index (Phi) is 7.20. The molecule has 0 radical (unpaired) electrons. The lowest BCUT2D eigenvalue weighted by atomic mass is 9.98. The topological polar surface area (TPSA) is 86.3 Å². The van der Waals surface area contributed by atoms with Crippen molar-refractivity contribution in [3.8, 4) is 11.1 Å². The number of nitrogens with one attached hydrogen (secondary N) is 2. The van der Waals surface area contributed by atoms with Crippen LogP contribution in [0.1, 0.15) is 65.5 Å². The van der Waals surface area contributed by atoms with E-state index in [1.54, 1.807) is 0 Å². The number of aryl methyl sites for hydroxylation is 3. The van der Waals surface area contributed by atoms with Crippen molar-refractivity contribution in [2.45, 2.75) is 66.1 Å². The Labute approximate surface area is 241 Å². The molecule has 1 amide bonds. The second-order valence-electron chi connectivity index (χ2n) is 12.0. The molecule has 0 unspecified atom stereocenters. The van der Waals surface area contributed by atoms with E-state index in [0.717, 1.165) is 76.9 Å². The summed E-state index contributed by atoms with van der Waals surface area (Å²) in [5.41, 5.74) is 6.69. The number of amides is 1.